The standard InChI is InChI=1S/C11H12BrF2NO/c1-7(6-12)15-11(16)5-8-2-3-9(13)10(14)4-8/h2-4,7H,5-6H2,1H3,(H,15,16). The van der Waals surface area contributed by atoms with E-state index in [0.29, 0.717) is 10.9 Å². The second-order valence-electron chi connectivity index (χ2n) is 3.55. The molecule has 88 valence electrons. The van der Waals surface area contributed by atoms with Gasteiger partial charge in [0, 0.05) is 11.4 Å². The molecule has 0 aliphatic heterocycles. The lowest BCUT2D eigenvalue weighted by Gasteiger charge is -2.10. The Labute approximate surface area is 101 Å². The fraction of sp³-hybridized carbons (Fsp3) is 0.364. The second-order valence-corrected chi connectivity index (χ2v) is 4.20. The van der Waals surface area contributed by atoms with Gasteiger partial charge in [0.15, 0.2) is 11.6 Å². The van der Waals surface area contributed by atoms with E-state index in [1.807, 2.05) is 6.92 Å². The van der Waals surface area contributed by atoms with Gasteiger partial charge >= 0.3 is 0 Å². The van der Waals surface area contributed by atoms with Crippen molar-refractivity contribution in [1.29, 1.82) is 0 Å². The zero-order valence-corrected chi connectivity index (χ0v) is 10.4. The Morgan fingerprint density at radius 3 is 2.69 bits per heavy atom. The predicted molar refractivity (Wildman–Crippen MR) is 61.5 cm³/mol. The molecular formula is C11H12BrF2NO. The zero-order valence-electron chi connectivity index (χ0n) is 8.77. The molecule has 0 saturated heterocycles. The average Bonchev–Trinajstić information content (AvgIpc) is 2.23. The van der Waals surface area contributed by atoms with Crippen LogP contribution in [0.15, 0.2) is 18.2 Å². The highest BCUT2D eigenvalue weighted by Crippen LogP contribution is 2.09. The highest BCUT2D eigenvalue weighted by atomic mass is 79.9. The van der Waals surface area contributed by atoms with Crippen molar-refractivity contribution in [3.8, 4) is 0 Å². The van der Waals surface area contributed by atoms with Crippen LogP contribution in [0.3, 0.4) is 0 Å². The lowest BCUT2D eigenvalue weighted by molar-refractivity contribution is -0.120. The molecule has 0 bridgehead atoms. The molecule has 2 nitrogen and oxygen atoms in total. The van der Waals surface area contributed by atoms with E-state index in [1.165, 1.54) is 6.07 Å². The van der Waals surface area contributed by atoms with Crippen LogP contribution in [0.1, 0.15) is 12.5 Å². The van der Waals surface area contributed by atoms with Gasteiger partial charge < -0.3 is 5.32 Å². The van der Waals surface area contributed by atoms with Crippen LogP contribution in [-0.4, -0.2) is 17.3 Å². The van der Waals surface area contributed by atoms with E-state index in [0.717, 1.165) is 12.1 Å². The molecule has 0 aliphatic rings. The molecule has 16 heavy (non-hydrogen) atoms. The zero-order chi connectivity index (χ0) is 12.1. The van der Waals surface area contributed by atoms with Crippen molar-refractivity contribution in [1.82, 2.24) is 5.32 Å². The number of carbonyl (C=O) groups excluding carboxylic acids is 1. The molecule has 0 fully saturated rings. The lowest BCUT2D eigenvalue weighted by Crippen LogP contribution is -2.34. The SMILES string of the molecule is CC(CBr)NC(=O)Cc1ccc(F)c(F)c1. The molecule has 0 aromatic heterocycles. The van der Waals surface area contributed by atoms with Crippen LogP contribution in [-0.2, 0) is 11.2 Å². The van der Waals surface area contributed by atoms with E-state index in [4.69, 9.17) is 0 Å². The van der Waals surface area contributed by atoms with Crippen molar-refractivity contribution >= 4 is 21.8 Å². The smallest absolute Gasteiger partial charge is 0.224 e. The predicted octanol–water partition coefficient (Wildman–Crippen LogP) is 2.41. The molecule has 0 aliphatic carbocycles. The minimum Gasteiger partial charge on any atom is -0.353 e. The van der Waals surface area contributed by atoms with E-state index in [2.05, 4.69) is 21.2 Å². The first-order chi connectivity index (χ1) is 7.52. The molecule has 1 unspecified atom stereocenters. The van der Waals surface area contributed by atoms with Gasteiger partial charge in [-0.2, -0.15) is 0 Å². The second kappa shape index (κ2) is 5.94. The van der Waals surface area contributed by atoms with Crippen molar-refractivity contribution in [2.24, 2.45) is 0 Å². The number of nitrogens with one attached hydrogen (secondary N) is 1. The van der Waals surface area contributed by atoms with Gasteiger partial charge in [-0.1, -0.05) is 22.0 Å². The fourth-order valence-corrected chi connectivity index (χ4v) is 1.36. The number of amides is 1. The third kappa shape index (κ3) is 3.89. The Bertz CT molecular complexity index is 384. The summed E-state index contributed by atoms with van der Waals surface area (Å²) in [5, 5.41) is 3.36. The van der Waals surface area contributed by atoms with Gasteiger partial charge in [-0.15, -0.1) is 0 Å². The Hall–Kier alpha value is -0.970. The van der Waals surface area contributed by atoms with Crippen LogP contribution in [0.5, 0.6) is 0 Å². The maximum atomic E-state index is 12.8. The first-order valence-electron chi connectivity index (χ1n) is 4.82. The summed E-state index contributed by atoms with van der Waals surface area (Å²) in [5.41, 5.74) is 0.457. The third-order valence-corrected chi connectivity index (χ3v) is 2.96. The van der Waals surface area contributed by atoms with E-state index in [9.17, 15) is 13.6 Å². The molecule has 1 atom stereocenters. The van der Waals surface area contributed by atoms with Gasteiger partial charge in [-0.3, -0.25) is 4.79 Å². The largest absolute Gasteiger partial charge is 0.353 e. The van der Waals surface area contributed by atoms with Crippen molar-refractivity contribution in [2.75, 3.05) is 5.33 Å². The summed E-state index contributed by atoms with van der Waals surface area (Å²) in [6, 6.07) is 3.47. The summed E-state index contributed by atoms with van der Waals surface area (Å²) in [5.74, 6) is -2.05. The lowest BCUT2D eigenvalue weighted by atomic mass is 10.1. The monoisotopic (exact) mass is 291 g/mol. The van der Waals surface area contributed by atoms with Gasteiger partial charge in [0.05, 0.1) is 6.42 Å². The van der Waals surface area contributed by atoms with Crippen molar-refractivity contribution < 1.29 is 13.6 Å². The summed E-state index contributed by atoms with van der Waals surface area (Å²) in [6.45, 7) is 1.85. The Morgan fingerprint density at radius 1 is 1.44 bits per heavy atom. The highest BCUT2D eigenvalue weighted by Gasteiger charge is 2.09. The van der Waals surface area contributed by atoms with E-state index in [-0.39, 0.29) is 18.4 Å². The normalized spacial score (nSPS) is 12.2. The van der Waals surface area contributed by atoms with Crippen molar-refractivity contribution in [2.45, 2.75) is 19.4 Å². The molecule has 0 saturated carbocycles. The van der Waals surface area contributed by atoms with Crippen LogP contribution in [0.4, 0.5) is 8.78 Å². The average molecular weight is 292 g/mol. The van der Waals surface area contributed by atoms with Crippen LogP contribution < -0.4 is 5.32 Å². The Balaban J connectivity index is 2.59. The van der Waals surface area contributed by atoms with E-state index < -0.39 is 11.6 Å². The van der Waals surface area contributed by atoms with Crippen molar-refractivity contribution in [3.63, 3.8) is 0 Å². The number of halogens is 3. The molecule has 0 heterocycles. The molecule has 0 radical (unpaired) electrons. The van der Waals surface area contributed by atoms with Crippen LogP contribution in [0, 0.1) is 11.6 Å². The summed E-state index contributed by atoms with van der Waals surface area (Å²) < 4.78 is 25.5. The van der Waals surface area contributed by atoms with Gasteiger partial charge in [-0.25, -0.2) is 8.78 Å². The van der Waals surface area contributed by atoms with Gasteiger partial charge in [0.25, 0.3) is 0 Å². The molecule has 1 aromatic carbocycles. The highest BCUT2D eigenvalue weighted by molar-refractivity contribution is 9.09. The number of hydrogen-bond donors (Lipinski definition) is 1. The van der Waals surface area contributed by atoms with Gasteiger partial charge in [-0.05, 0) is 24.6 Å². The summed E-state index contributed by atoms with van der Waals surface area (Å²) >= 11 is 3.23. The molecular weight excluding hydrogens is 280 g/mol. The minimum absolute atomic E-state index is 0.0118. The molecule has 0 spiro atoms. The molecule has 1 aromatic rings. The van der Waals surface area contributed by atoms with Crippen LogP contribution in [0.25, 0.3) is 0 Å². The Kier molecular flexibility index (Phi) is 4.86. The third-order valence-electron chi connectivity index (χ3n) is 1.99. The number of hydrogen-bond acceptors (Lipinski definition) is 1. The van der Waals surface area contributed by atoms with Gasteiger partial charge in [0.2, 0.25) is 5.91 Å². The fourth-order valence-electron chi connectivity index (χ4n) is 1.20. The minimum atomic E-state index is -0.932. The maximum absolute atomic E-state index is 12.8. The van der Waals surface area contributed by atoms with E-state index >= 15 is 0 Å². The topological polar surface area (TPSA) is 29.1 Å². The summed E-state index contributed by atoms with van der Waals surface area (Å²) in [6.07, 6.45) is 0.0501. The first-order valence-corrected chi connectivity index (χ1v) is 5.94. The number of benzene rings is 1. The van der Waals surface area contributed by atoms with Crippen LogP contribution in [0.2, 0.25) is 0 Å². The number of carbonyl (C=O) groups is 1. The number of rotatable bonds is 4. The quantitative estimate of drug-likeness (QED) is 0.848. The molecule has 1 rings (SSSR count). The Morgan fingerprint density at radius 2 is 2.12 bits per heavy atom. The first kappa shape index (κ1) is 13.1. The van der Waals surface area contributed by atoms with Gasteiger partial charge in [0.1, 0.15) is 0 Å². The molecule has 1 amide bonds. The summed E-state index contributed by atoms with van der Waals surface area (Å²) in [7, 11) is 0. The number of alkyl halides is 1. The molecule has 5 heteroatoms. The maximum Gasteiger partial charge on any atom is 0.224 e. The van der Waals surface area contributed by atoms with Crippen LogP contribution >= 0.6 is 15.9 Å². The van der Waals surface area contributed by atoms with E-state index in [1.54, 1.807) is 0 Å². The summed E-state index contributed by atoms with van der Waals surface area (Å²) in [4.78, 5) is 11.4. The van der Waals surface area contributed by atoms with Crippen molar-refractivity contribution in [3.05, 3.63) is 35.4 Å². The molecule has 1 N–H and O–H groups in total.